The van der Waals surface area contributed by atoms with Gasteiger partial charge in [-0.3, -0.25) is 9.48 Å². The molecular weight excluding hydrogens is 316 g/mol. The van der Waals surface area contributed by atoms with Crippen LogP contribution in [0, 0.1) is 5.92 Å². The summed E-state index contributed by atoms with van der Waals surface area (Å²) in [5.74, 6) is 3.54. The maximum atomic E-state index is 11.9. The highest BCUT2D eigenvalue weighted by atomic mass is 16.3. The smallest absolute Gasteiger partial charge is 0.220 e. The van der Waals surface area contributed by atoms with Gasteiger partial charge < -0.3 is 15.1 Å². The summed E-state index contributed by atoms with van der Waals surface area (Å²) >= 11 is 0. The summed E-state index contributed by atoms with van der Waals surface area (Å²) in [6.45, 7) is 5.83. The van der Waals surface area contributed by atoms with Crippen molar-refractivity contribution in [1.29, 1.82) is 0 Å². The Bertz CT molecular complexity index is 750. The molecule has 6 nitrogen and oxygen atoms in total. The maximum Gasteiger partial charge on any atom is 0.220 e. The largest absolute Gasteiger partial charge is 0.464 e. The molecule has 0 aromatic carbocycles. The minimum absolute atomic E-state index is 0.0422. The fourth-order valence-corrected chi connectivity index (χ4v) is 3.69. The third-order valence-corrected chi connectivity index (χ3v) is 5.43. The Balaban J connectivity index is 1.42. The zero-order valence-electron chi connectivity index (χ0n) is 14.9. The van der Waals surface area contributed by atoms with Gasteiger partial charge in [0.2, 0.25) is 5.91 Å². The Hall–Kier alpha value is -2.08. The molecule has 0 spiro atoms. The SMILES string of the molecule is CCn1cc([C@@H]2NC(=O)CC[C@H]2NCc2ccc([C@H]3C[C@@H]3C)o2)cn1. The van der Waals surface area contributed by atoms with Gasteiger partial charge in [-0.05, 0) is 37.8 Å². The molecule has 2 fully saturated rings. The molecule has 1 saturated heterocycles. The van der Waals surface area contributed by atoms with Crippen LogP contribution in [0.25, 0.3) is 0 Å². The molecule has 1 aliphatic carbocycles. The second kappa shape index (κ2) is 6.67. The number of hydrogen-bond acceptors (Lipinski definition) is 4. The van der Waals surface area contributed by atoms with Gasteiger partial charge in [0.15, 0.2) is 0 Å². The average Bonchev–Trinajstić information content (AvgIpc) is 3.05. The molecule has 134 valence electrons. The van der Waals surface area contributed by atoms with Crippen molar-refractivity contribution in [1.82, 2.24) is 20.4 Å². The molecule has 6 heteroatoms. The average molecular weight is 342 g/mol. The molecule has 4 atom stereocenters. The summed E-state index contributed by atoms with van der Waals surface area (Å²) in [4.78, 5) is 11.9. The summed E-state index contributed by atoms with van der Waals surface area (Å²) in [6.07, 6.45) is 6.48. The topological polar surface area (TPSA) is 72.1 Å². The zero-order chi connectivity index (χ0) is 17.4. The van der Waals surface area contributed by atoms with E-state index >= 15 is 0 Å². The first-order valence-corrected chi connectivity index (χ1v) is 9.27. The van der Waals surface area contributed by atoms with Crippen molar-refractivity contribution < 1.29 is 9.21 Å². The van der Waals surface area contributed by atoms with Crippen LogP contribution in [0.3, 0.4) is 0 Å². The molecule has 2 N–H and O–H groups in total. The third-order valence-electron chi connectivity index (χ3n) is 5.43. The lowest BCUT2D eigenvalue weighted by Crippen LogP contribution is -2.48. The van der Waals surface area contributed by atoms with Gasteiger partial charge in [0, 0.05) is 36.7 Å². The number of amides is 1. The summed E-state index contributed by atoms with van der Waals surface area (Å²) in [5, 5.41) is 11.0. The van der Waals surface area contributed by atoms with Crippen LogP contribution in [0.15, 0.2) is 28.9 Å². The number of nitrogens with one attached hydrogen (secondary N) is 2. The molecule has 1 aliphatic heterocycles. The second-order valence-corrected chi connectivity index (χ2v) is 7.32. The number of aryl methyl sites for hydroxylation is 1. The first-order chi connectivity index (χ1) is 12.1. The van der Waals surface area contributed by atoms with E-state index in [0.717, 1.165) is 36.0 Å². The lowest BCUT2D eigenvalue weighted by atomic mass is 9.93. The minimum atomic E-state index is -0.0422. The highest BCUT2D eigenvalue weighted by molar-refractivity contribution is 5.77. The van der Waals surface area contributed by atoms with Crippen LogP contribution in [0.1, 0.15) is 62.2 Å². The van der Waals surface area contributed by atoms with Gasteiger partial charge in [-0.15, -0.1) is 0 Å². The standard InChI is InChI=1S/C19H26N4O2/c1-3-23-11-13(9-21-23)19-16(5-7-18(24)22-19)20-10-14-4-6-17(25-14)15-8-12(15)2/h4,6,9,11-12,15-16,19-20H,3,5,7-8,10H2,1-2H3,(H,22,24)/t12-,15-,16+,19-/m0/s1. The van der Waals surface area contributed by atoms with Crippen LogP contribution < -0.4 is 10.6 Å². The van der Waals surface area contributed by atoms with Gasteiger partial charge in [0.1, 0.15) is 11.5 Å². The molecule has 1 amide bonds. The Kier molecular flexibility index (Phi) is 4.37. The molecule has 4 rings (SSSR count). The number of piperidine rings is 1. The van der Waals surface area contributed by atoms with Gasteiger partial charge in [-0.1, -0.05) is 6.92 Å². The first kappa shape index (κ1) is 16.4. The van der Waals surface area contributed by atoms with E-state index in [1.165, 1.54) is 6.42 Å². The number of furan rings is 1. The van der Waals surface area contributed by atoms with Gasteiger partial charge in [0.05, 0.1) is 18.8 Å². The molecule has 0 radical (unpaired) electrons. The zero-order valence-corrected chi connectivity index (χ0v) is 14.9. The second-order valence-electron chi connectivity index (χ2n) is 7.32. The van der Waals surface area contributed by atoms with Crippen LogP contribution in [-0.4, -0.2) is 21.7 Å². The summed E-state index contributed by atoms with van der Waals surface area (Å²) in [5.41, 5.74) is 1.05. The van der Waals surface area contributed by atoms with E-state index in [1.54, 1.807) is 0 Å². The number of aromatic nitrogens is 2. The molecule has 1 saturated carbocycles. The van der Waals surface area contributed by atoms with E-state index in [9.17, 15) is 4.79 Å². The molecule has 2 aliphatic rings. The Labute approximate surface area is 148 Å². The minimum Gasteiger partial charge on any atom is -0.464 e. The number of carbonyl (C=O) groups is 1. The Morgan fingerprint density at radius 2 is 2.28 bits per heavy atom. The first-order valence-electron chi connectivity index (χ1n) is 9.27. The molecule has 3 heterocycles. The molecule has 25 heavy (non-hydrogen) atoms. The van der Waals surface area contributed by atoms with Crippen molar-refractivity contribution in [3.63, 3.8) is 0 Å². The highest BCUT2D eigenvalue weighted by Gasteiger charge is 2.36. The van der Waals surface area contributed by atoms with E-state index in [1.807, 2.05) is 17.1 Å². The van der Waals surface area contributed by atoms with Crippen molar-refractivity contribution in [2.24, 2.45) is 5.92 Å². The molecule has 2 aromatic rings. The monoisotopic (exact) mass is 342 g/mol. The van der Waals surface area contributed by atoms with Gasteiger partial charge in [-0.2, -0.15) is 5.10 Å². The van der Waals surface area contributed by atoms with E-state index in [0.29, 0.717) is 18.9 Å². The number of rotatable bonds is 6. The van der Waals surface area contributed by atoms with Crippen molar-refractivity contribution in [2.75, 3.05) is 0 Å². The highest BCUT2D eigenvalue weighted by Crippen LogP contribution is 2.47. The summed E-state index contributed by atoms with van der Waals surface area (Å²) < 4.78 is 7.88. The van der Waals surface area contributed by atoms with Crippen LogP contribution in [0.5, 0.6) is 0 Å². The Morgan fingerprint density at radius 1 is 1.44 bits per heavy atom. The van der Waals surface area contributed by atoms with Crippen molar-refractivity contribution in [3.8, 4) is 0 Å². The van der Waals surface area contributed by atoms with Crippen LogP contribution in [0.4, 0.5) is 0 Å². The van der Waals surface area contributed by atoms with Crippen LogP contribution >= 0.6 is 0 Å². The quantitative estimate of drug-likeness (QED) is 0.847. The summed E-state index contributed by atoms with van der Waals surface area (Å²) in [7, 11) is 0. The van der Waals surface area contributed by atoms with Crippen molar-refractivity contribution >= 4 is 5.91 Å². The van der Waals surface area contributed by atoms with Crippen LogP contribution in [0.2, 0.25) is 0 Å². The predicted octanol–water partition coefficient (Wildman–Crippen LogP) is 2.73. The number of hydrogen-bond donors (Lipinski definition) is 2. The van der Waals surface area contributed by atoms with E-state index in [-0.39, 0.29) is 18.0 Å². The van der Waals surface area contributed by atoms with Crippen molar-refractivity contribution in [2.45, 2.75) is 64.2 Å². The third kappa shape index (κ3) is 3.49. The Morgan fingerprint density at radius 3 is 3.00 bits per heavy atom. The molecular formula is C19H26N4O2. The van der Waals surface area contributed by atoms with Crippen LogP contribution in [-0.2, 0) is 17.9 Å². The fraction of sp³-hybridized carbons (Fsp3) is 0.579. The normalized spacial score (nSPS) is 28.8. The van der Waals surface area contributed by atoms with Crippen molar-refractivity contribution in [3.05, 3.63) is 41.6 Å². The predicted molar refractivity (Wildman–Crippen MR) is 93.9 cm³/mol. The number of nitrogens with zero attached hydrogens (tertiary/aromatic N) is 2. The maximum absolute atomic E-state index is 11.9. The van der Waals surface area contributed by atoms with E-state index in [4.69, 9.17) is 4.42 Å². The lowest BCUT2D eigenvalue weighted by Gasteiger charge is -2.32. The molecule has 2 aromatic heterocycles. The molecule has 0 unspecified atom stereocenters. The number of carbonyl (C=O) groups excluding carboxylic acids is 1. The fourth-order valence-electron chi connectivity index (χ4n) is 3.69. The molecule has 0 bridgehead atoms. The van der Waals surface area contributed by atoms with E-state index < -0.39 is 0 Å². The van der Waals surface area contributed by atoms with Gasteiger partial charge in [0.25, 0.3) is 0 Å². The van der Waals surface area contributed by atoms with E-state index in [2.05, 4.69) is 41.7 Å². The van der Waals surface area contributed by atoms with Gasteiger partial charge in [-0.25, -0.2) is 0 Å². The summed E-state index contributed by atoms with van der Waals surface area (Å²) in [6, 6.07) is 4.32. The lowest BCUT2D eigenvalue weighted by molar-refractivity contribution is -0.123. The van der Waals surface area contributed by atoms with Gasteiger partial charge >= 0.3 is 0 Å².